The Balaban J connectivity index is 3.12. The van der Waals surface area contributed by atoms with E-state index in [0.717, 1.165) is 17.7 Å². The van der Waals surface area contributed by atoms with Crippen LogP contribution >= 0.6 is 11.6 Å². The zero-order chi connectivity index (χ0) is 8.27. The van der Waals surface area contributed by atoms with Crippen LogP contribution in [0.5, 0.6) is 0 Å². The summed E-state index contributed by atoms with van der Waals surface area (Å²) in [4.78, 5) is 4.12. The summed E-state index contributed by atoms with van der Waals surface area (Å²) < 4.78 is 0. The number of rotatable bonds is 2. The molecule has 0 spiro atoms. The molecule has 0 bridgehead atoms. The van der Waals surface area contributed by atoms with E-state index in [2.05, 4.69) is 18.5 Å². The lowest BCUT2D eigenvalue weighted by molar-refractivity contribution is 1.09. The lowest BCUT2D eigenvalue weighted by atomic mass is 10.1. The molecule has 0 amide bonds. The van der Waals surface area contributed by atoms with Crippen LogP contribution in [0.25, 0.3) is 5.03 Å². The Morgan fingerprint density at radius 1 is 1.73 bits per heavy atom. The minimum atomic E-state index is 0.516. The highest BCUT2D eigenvalue weighted by Gasteiger charge is 2.01. The third-order valence-corrected chi connectivity index (χ3v) is 1.71. The van der Waals surface area contributed by atoms with E-state index < -0.39 is 0 Å². The molecule has 11 heavy (non-hydrogen) atoms. The number of aromatic nitrogens is 1. The average Bonchev–Trinajstić information content (AvgIpc) is 2.04. The van der Waals surface area contributed by atoms with Crippen LogP contribution in [-0.2, 0) is 6.42 Å². The fourth-order valence-corrected chi connectivity index (χ4v) is 1.14. The van der Waals surface area contributed by atoms with Gasteiger partial charge in [0.2, 0.25) is 0 Å². The summed E-state index contributed by atoms with van der Waals surface area (Å²) in [5.41, 5.74) is 1.96. The van der Waals surface area contributed by atoms with E-state index in [9.17, 15) is 0 Å². The molecule has 0 N–H and O–H groups in total. The van der Waals surface area contributed by atoms with Gasteiger partial charge in [0.05, 0.1) is 10.7 Å². The van der Waals surface area contributed by atoms with Crippen LogP contribution in [0.3, 0.4) is 0 Å². The molecule has 0 aromatic carbocycles. The van der Waals surface area contributed by atoms with Gasteiger partial charge in [0.1, 0.15) is 0 Å². The number of pyridine rings is 1. The lowest BCUT2D eigenvalue weighted by Crippen LogP contribution is -1.90. The average molecular weight is 168 g/mol. The molecule has 0 saturated carbocycles. The minimum Gasteiger partial charge on any atom is -0.255 e. The van der Waals surface area contributed by atoms with E-state index in [1.807, 2.05) is 12.1 Å². The van der Waals surface area contributed by atoms with Crippen molar-refractivity contribution in [2.45, 2.75) is 13.3 Å². The molecule has 0 aliphatic heterocycles. The van der Waals surface area contributed by atoms with E-state index in [-0.39, 0.29) is 0 Å². The van der Waals surface area contributed by atoms with E-state index in [1.54, 1.807) is 6.20 Å². The quantitative estimate of drug-likeness (QED) is 0.660. The van der Waals surface area contributed by atoms with Crippen molar-refractivity contribution in [3.05, 3.63) is 36.2 Å². The predicted octanol–water partition coefficient (Wildman–Crippen LogP) is 2.85. The summed E-state index contributed by atoms with van der Waals surface area (Å²) >= 11 is 5.73. The summed E-state index contributed by atoms with van der Waals surface area (Å²) in [7, 11) is 0. The first-order valence-electron chi connectivity index (χ1n) is 3.54. The van der Waals surface area contributed by atoms with E-state index in [4.69, 9.17) is 11.6 Å². The molecule has 1 nitrogen and oxygen atoms in total. The molecular formula is C9H10ClN. The maximum atomic E-state index is 5.73. The van der Waals surface area contributed by atoms with Gasteiger partial charge in [-0.25, -0.2) is 0 Å². The van der Waals surface area contributed by atoms with Gasteiger partial charge in [-0.1, -0.05) is 31.2 Å². The van der Waals surface area contributed by atoms with Gasteiger partial charge in [-0.3, -0.25) is 4.98 Å². The predicted molar refractivity (Wildman–Crippen MR) is 48.5 cm³/mol. The Kier molecular flexibility index (Phi) is 2.66. The Morgan fingerprint density at radius 3 is 2.91 bits per heavy atom. The van der Waals surface area contributed by atoms with Crippen molar-refractivity contribution in [3.63, 3.8) is 0 Å². The van der Waals surface area contributed by atoms with Gasteiger partial charge in [0, 0.05) is 6.20 Å². The van der Waals surface area contributed by atoms with Crippen molar-refractivity contribution in [2.24, 2.45) is 0 Å². The van der Waals surface area contributed by atoms with Crippen molar-refractivity contribution >= 4 is 16.6 Å². The van der Waals surface area contributed by atoms with Gasteiger partial charge < -0.3 is 0 Å². The van der Waals surface area contributed by atoms with E-state index in [0.29, 0.717) is 5.03 Å². The summed E-state index contributed by atoms with van der Waals surface area (Å²) in [6.45, 7) is 5.71. The monoisotopic (exact) mass is 167 g/mol. The Labute approximate surface area is 71.7 Å². The normalized spacial score (nSPS) is 9.64. The maximum absolute atomic E-state index is 5.73. The summed E-state index contributed by atoms with van der Waals surface area (Å²) in [6, 6.07) is 3.91. The zero-order valence-electron chi connectivity index (χ0n) is 6.47. The fraction of sp³-hybridized carbons (Fsp3) is 0.222. The largest absolute Gasteiger partial charge is 0.255 e. The molecule has 0 saturated heterocycles. The van der Waals surface area contributed by atoms with Crippen LogP contribution in [-0.4, -0.2) is 4.98 Å². The third-order valence-electron chi connectivity index (χ3n) is 1.53. The van der Waals surface area contributed by atoms with Crippen LogP contribution in [0, 0.1) is 0 Å². The molecule has 0 atom stereocenters. The van der Waals surface area contributed by atoms with Crippen LogP contribution in [0.2, 0.25) is 0 Å². The first kappa shape index (κ1) is 8.28. The number of nitrogens with zero attached hydrogens (tertiary/aromatic N) is 1. The standard InChI is InChI=1S/C9H10ClN/c1-3-8-5-4-6-11-9(8)7(2)10/h4-6H,2-3H2,1H3. The smallest absolute Gasteiger partial charge is 0.0841 e. The van der Waals surface area contributed by atoms with Crippen LogP contribution in [0.15, 0.2) is 24.9 Å². The molecule has 0 aliphatic carbocycles. The van der Waals surface area contributed by atoms with Crippen molar-refractivity contribution in [1.82, 2.24) is 4.98 Å². The Morgan fingerprint density at radius 2 is 2.45 bits per heavy atom. The molecule has 0 radical (unpaired) electrons. The molecular weight excluding hydrogens is 158 g/mol. The highest BCUT2D eigenvalue weighted by atomic mass is 35.5. The van der Waals surface area contributed by atoms with Gasteiger partial charge in [-0.2, -0.15) is 0 Å². The molecule has 1 aromatic rings. The van der Waals surface area contributed by atoms with Gasteiger partial charge >= 0.3 is 0 Å². The molecule has 58 valence electrons. The second-order valence-corrected chi connectivity index (χ2v) is 2.73. The maximum Gasteiger partial charge on any atom is 0.0841 e. The van der Waals surface area contributed by atoms with Gasteiger partial charge in [0.25, 0.3) is 0 Å². The van der Waals surface area contributed by atoms with Gasteiger partial charge in [-0.05, 0) is 18.1 Å². The second kappa shape index (κ2) is 3.54. The molecule has 0 unspecified atom stereocenters. The van der Waals surface area contributed by atoms with Gasteiger partial charge in [-0.15, -0.1) is 0 Å². The summed E-state index contributed by atoms with van der Waals surface area (Å²) in [5, 5.41) is 0.516. The molecule has 1 aromatic heterocycles. The Bertz CT molecular complexity index is 268. The third kappa shape index (κ3) is 1.81. The zero-order valence-corrected chi connectivity index (χ0v) is 7.23. The second-order valence-electron chi connectivity index (χ2n) is 2.27. The van der Waals surface area contributed by atoms with Crippen molar-refractivity contribution in [1.29, 1.82) is 0 Å². The lowest BCUT2D eigenvalue weighted by Gasteiger charge is -2.02. The molecule has 1 heterocycles. The topological polar surface area (TPSA) is 12.9 Å². The van der Waals surface area contributed by atoms with Crippen molar-refractivity contribution in [3.8, 4) is 0 Å². The van der Waals surface area contributed by atoms with E-state index in [1.165, 1.54) is 0 Å². The summed E-state index contributed by atoms with van der Waals surface area (Å²) in [6.07, 6.45) is 2.66. The number of halogens is 1. The van der Waals surface area contributed by atoms with Crippen LogP contribution in [0.4, 0.5) is 0 Å². The van der Waals surface area contributed by atoms with Crippen molar-refractivity contribution < 1.29 is 0 Å². The first-order chi connectivity index (χ1) is 5.25. The number of hydrogen-bond donors (Lipinski definition) is 0. The molecule has 0 aliphatic rings. The first-order valence-corrected chi connectivity index (χ1v) is 3.92. The summed E-state index contributed by atoms with van der Waals surface area (Å²) in [5.74, 6) is 0. The van der Waals surface area contributed by atoms with Crippen LogP contribution < -0.4 is 0 Å². The minimum absolute atomic E-state index is 0.516. The SMILES string of the molecule is C=C(Cl)c1ncccc1CC. The van der Waals surface area contributed by atoms with Crippen molar-refractivity contribution in [2.75, 3.05) is 0 Å². The molecule has 2 heteroatoms. The molecule has 1 rings (SSSR count). The number of hydrogen-bond acceptors (Lipinski definition) is 1. The van der Waals surface area contributed by atoms with E-state index >= 15 is 0 Å². The highest BCUT2D eigenvalue weighted by Crippen LogP contribution is 2.17. The van der Waals surface area contributed by atoms with Crippen LogP contribution in [0.1, 0.15) is 18.2 Å². The van der Waals surface area contributed by atoms with Gasteiger partial charge in [0.15, 0.2) is 0 Å². The fourth-order valence-electron chi connectivity index (χ4n) is 0.968. The number of aryl methyl sites for hydroxylation is 1. The Hall–Kier alpha value is -0.820. The molecule has 0 fully saturated rings. The highest BCUT2D eigenvalue weighted by molar-refractivity contribution is 6.48.